The normalized spacial score (nSPS) is 34.2. The van der Waals surface area contributed by atoms with E-state index in [0.29, 0.717) is 6.02 Å². The van der Waals surface area contributed by atoms with Crippen molar-refractivity contribution in [3.63, 3.8) is 0 Å². The number of hydrogen-bond acceptors (Lipinski definition) is 3. The summed E-state index contributed by atoms with van der Waals surface area (Å²) in [6.07, 6.45) is 2.12. The molecule has 2 bridgehead atoms. The summed E-state index contributed by atoms with van der Waals surface area (Å²) >= 11 is 0. The number of amidine groups is 1. The van der Waals surface area contributed by atoms with Gasteiger partial charge in [0.2, 0.25) is 5.72 Å². The van der Waals surface area contributed by atoms with Crippen LogP contribution in [0.25, 0.3) is 0 Å². The molecule has 1 unspecified atom stereocenters. The van der Waals surface area contributed by atoms with Crippen LogP contribution >= 0.6 is 0 Å². The molecule has 0 aromatic heterocycles. The van der Waals surface area contributed by atoms with Gasteiger partial charge in [-0.05, 0) is 6.42 Å². The van der Waals surface area contributed by atoms with Crippen molar-refractivity contribution >= 4 is 11.7 Å². The Bertz CT molecular complexity index is 232. The van der Waals surface area contributed by atoms with E-state index in [1.165, 1.54) is 0 Å². The van der Waals surface area contributed by atoms with Gasteiger partial charge < -0.3 is 4.74 Å². The molecule has 3 aliphatic rings. The predicted octanol–water partition coefficient (Wildman–Crippen LogP) is 1.34. The van der Waals surface area contributed by atoms with Crippen molar-refractivity contribution in [1.29, 1.82) is 0 Å². The second kappa shape index (κ2) is 1.59. The highest BCUT2D eigenvalue weighted by Crippen LogP contribution is 2.33. The first-order valence-corrected chi connectivity index (χ1v) is 3.61. The summed E-state index contributed by atoms with van der Waals surface area (Å²) in [5.74, 6) is 0. The van der Waals surface area contributed by atoms with Crippen LogP contribution in [0, 0.1) is 0 Å². The van der Waals surface area contributed by atoms with Crippen molar-refractivity contribution in [3.8, 4) is 0 Å². The molecule has 3 aliphatic heterocycles. The van der Waals surface area contributed by atoms with E-state index >= 15 is 0 Å². The number of hydrogen-bond donors (Lipinski definition) is 0. The smallest absolute Gasteiger partial charge is 0.318 e. The SMILES string of the molecule is CCCC1=NC2=NC1(C)O2. The summed E-state index contributed by atoms with van der Waals surface area (Å²) in [7, 11) is 0. The van der Waals surface area contributed by atoms with E-state index < -0.39 is 0 Å². The Hall–Kier alpha value is -0.860. The number of ether oxygens (including phenoxy) is 1. The Balaban J connectivity index is 2.15. The van der Waals surface area contributed by atoms with E-state index in [-0.39, 0.29) is 5.72 Å². The summed E-state index contributed by atoms with van der Waals surface area (Å²) in [4.78, 5) is 8.32. The van der Waals surface area contributed by atoms with E-state index in [0.717, 1.165) is 18.6 Å². The second-order valence-corrected chi connectivity index (χ2v) is 2.79. The molecule has 10 heavy (non-hydrogen) atoms. The lowest BCUT2D eigenvalue weighted by Gasteiger charge is -2.25. The van der Waals surface area contributed by atoms with Gasteiger partial charge in [-0.1, -0.05) is 13.3 Å². The molecule has 0 N–H and O–H groups in total. The van der Waals surface area contributed by atoms with Crippen molar-refractivity contribution in [2.45, 2.75) is 32.4 Å². The molecular formula is C7H10N2O. The van der Waals surface area contributed by atoms with Crippen LogP contribution in [0.3, 0.4) is 0 Å². The van der Waals surface area contributed by atoms with Crippen molar-refractivity contribution in [1.82, 2.24) is 0 Å². The summed E-state index contributed by atoms with van der Waals surface area (Å²) in [5.41, 5.74) is 0.732. The average molecular weight is 138 g/mol. The van der Waals surface area contributed by atoms with Gasteiger partial charge in [-0.25, -0.2) is 0 Å². The largest absolute Gasteiger partial charge is 0.429 e. The molecule has 3 heteroatoms. The second-order valence-electron chi connectivity index (χ2n) is 2.79. The Kier molecular flexibility index (Phi) is 0.938. The molecule has 0 amide bonds. The fourth-order valence-electron chi connectivity index (χ4n) is 1.28. The van der Waals surface area contributed by atoms with Crippen molar-refractivity contribution in [2.75, 3.05) is 0 Å². The zero-order chi connectivity index (χ0) is 7.19. The van der Waals surface area contributed by atoms with Crippen LogP contribution in [0.1, 0.15) is 26.7 Å². The van der Waals surface area contributed by atoms with Crippen LogP contribution < -0.4 is 0 Å². The highest BCUT2D eigenvalue weighted by atomic mass is 16.6. The Morgan fingerprint density at radius 3 is 2.70 bits per heavy atom. The first-order chi connectivity index (χ1) is 4.74. The molecule has 0 aromatic carbocycles. The molecule has 54 valence electrons. The van der Waals surface area contributed by atoms with E-state index in [1.807, 2.05) is 6.92 Å². The minimum absolute atomic E-state index is 0.356. The first-order valence-electron chi connectivity index (χ1n) is 3.61. The minimum atomic E-state index is -0.356. The quantitative estimate of drug-likeness (QED) is 0.567. The molecule has 0 radical (unpaired) electrons. The summed E-state index contributed by atoms with van der Waals surface area (Å²) in [6.45, 7) is 4.09. The van der Waals surface area contributed by atoms with Crippen LogP contribution in [-0.4, -0.2) is 17.5 Å². The van der Waals surface area contributed by atoms with Crippen LogP contribution in [0.2, 0.25) is 0 Å². The molecule has 0 spiro atoms. The Morgan fingerprint density at radius 1 is 1.60 bits per heavy atom. The summed E-state index contributed by atoms with van der Waals surface area (Å²) in [5, 5.41) is 0. The van der Waals surface area contributed by atoms with Gasteiger partial charge in [0.25, 0.3) is 0 Å². The van der Waals surface area contributed by atoms with E-state index in [4.69, 9.17) is 4.74 Å². The van der Waals surface area contributed by atoms with Gasteiger partial charge in [-0.2, -0.15) is 9.98 Å². The van der Waals surface area contributed by atoms with Gasteiger partial charge in [0.1, 0.15) is 0 Å². The van der Waals surface area contributed by atoms with Gasteiger partial charge in [-0.3, -0.25) is 0 Å². The molecule has 1 atom stereocenters. The highest BCUT2D eigenvalue weighted by molar-refractivity contribution is 6.10. The monoisotopic (exact) mass is 138 g/mol. The van der Waals surface area contributed by atoms with Gasteiger partial charge in [0, 0.05) is 6.92 Å². The van der Waals surface area contributed by atoms with Crippen LogP contribution in [-0.2, 0) is 4.74 Å². The number of aliphatic imine (C=N–C) groups is 2. The minimum Gasteiger partial charge on any atom is -0.429 e. The Morgan fingerprint density at radius 2 is 2.30 bits per heavy atom. The van der Waals surface area contributed by atoms with Crippen LogP contribution in [0.5, 0.6) is 0 Å². The maximum Gasteiger partial charge on any atom is 0.318 e. The van der Waals surface area contributed by atoms with Crippen molar-refractivity contribution in [3.05, 3.63) is 0 Å². The molecule has 3 heterocycles. The lowest BCUT2D eigenvalue weighted by Crippen LogP contribution is -2.38. The first kappa shape index (κ1) is 5.89. The number of rotatable bonds is 2. The fourth-order valence-corrected chi connectivity index (χ4v) is 1.28. The molecule has 0 fully saturated rings. The van der Waals surface area contributed by atoms with Crippen molar-refractivity contribution in [2.24, 2.45) is 9.98 Å². The molecule has 0 saturated carbocycles. The highest BCUT2D eigenvalue weighted by Gasteiger charge is 2.47. The predicted molar refractivity (Wildman–Crippen MR) is 39.3 cm³/mol. The molecule has 0 aliphatic carbocycles. The number of nitrogens with zero attached hydrogens (tertiary/aromatic N) is 2. The van der Waals surface area contributed by atoms with Gasteiger partial charge in [0.05, 0.1) is 5.71 Å². The van der Waals surface area contributed by atoms with Gasteiger partial charge >= 0.3 is 6.02 Å². The summed E-state index contributed by atoms with van der Waals surface area (Å²) < 4.78 is 5.25. The average Bonchev–Trinajstić information content (AvgIpc) is 2.21. The third-order valence-corrected chi connectivity index (χ3v) is 1.85. The van der Waals surface area contributed by atoms with Gasteiger partial charge in [0.15, 0.2) is 0 Å². The topological polar surface area (TPSA) is 34.0 Å². The lowest BCUT2D eigenvalue weighted by atomic mass is 10.1. The Labute approximate surface area is 59.8 Å². The third-order valence-electron chi connectivity index (χ3n) is 1.85. The maximum atomic E-state index is 5.25. The van der Waals surface area contributed by atoms with E-state index in [9.17, 15) is 0 Å². The fraction of sp³-hybridized carbons (Fsp3) is 0.714. The zero-order valence-corrected chi connectivity index (χ0v) is 6.22. The molecule has 0 saturated heterocycles. The van der Waals surface area contributed by atoms with E-state index in [2.05, 4.69) is 16.9 Å². The van der Waals surface area contributed by atoms with Crippen molar-refractivity contribution < 1.29 is 4.74 Å². The lowest BCUT2D eigenvalue weighted by molar-refractivity contribution is 0.114. The third kappa shape index (κ3) is 0.549. The van der Waals surface area contributed by atoms with Gasteiger partial charge in [-0.15, -0.1) is 0 Å². The maximum absolute atomic E-state index is 5.25. The molecule has 0 aromatic rings. The molecular weight excluding hydrogens is 128 g/mol. The molecule has 3 rings (SSSR count). The van der Waals surface area contributed by atoms with Crippen LogP contribution in [0.15, 0.2) is 9.98 Å². The standard InChI is InChI=1S/C7H10N2O/c1-3-4-5-7(2)9-6(8-5)10-7/h3-4H2,1-2H3. The molecule has 3 nitrogen and oxygen atoms in total. The summed E-state index contributed by atoms with van der Waals surface area (Å²) in [6, 6.07) is 0.575. The van der Waals surface area contributed by atoms with E-state index in [1.54, 1.807) is 0 Å². The zero-order valence-electron chi connectivity index (χ0n) is 6.22. The van der Waals surface area contributed by atoms with Crippen LogP contribution in [0.4, 0.5) is 0 Å².